The van der Waals surface area contributed by atoms with Crippen LogP contribution in [0.3, 0.4) is 0 Å². The number of nitrogens with one attached hydrogen (secondary N) is 1. The number of carbonyl (C=O) groups is 1. The number of benzene rings is 2. The summed E-state index contributed by atoms with van der Waals surface area (Å²) in [6, 6.07) is 14.1. The zero-order valence-electron chi connectivity index (χ0n) is 18.8. The van der Waals surface area contributed by atoms with Gasteiger partial charge in [0.05, 0.1) is 0 Å². The van der Waals surface area contributed by atoms with Crippen molar-refractivity contribution in [3.63, 3.8) is 0 Å². The Kier molecular flexibility index (Phi) is 6.84. The van der Waals surface area contributed by atoms with E-state index in [2.05, 4.69) is 29.4 Å². The molecule has 0 saturated carbocycles. The van der Waals surface area contributed by atoms with Crippen LogP contribution in [0.4, 0.5) is 5.13 Å². The number of anilines is 1. The molecule has 7 nitrogen and oxygen atoms in total. The number of ether oxygens (including phenoxy) is 1. The van der Waals surface area contributed by atoms with Crippen molar-refractivity contribution in [1.29, 1.82) is 0 Å². The van der Waals surface area contributed by atoms with Gasteiger partial charge in [-0.3, -0.25) is 10.1 Å². The van der Waals surface area contributed by atoms with Crippen LogP contribution in [0, 0.1) is 6.92 Å². The molecule has 2 aromatic carbocycles. The number of hydrogen-bond acceptors (Lipinski definition) is 7. The lowest BCUT2D eigenvalue weighted by Crippen LogP contribution is -2.11. The Balaban J connectivity index is 1.38. The molecule has 0 saturated heterocycles. The zero-order valence-corrected chi connectivity index (χ0v) is 19.6. The van der Waals surface area contributed by atoms with Crippen LogP contribution in [-0.4, -0.2) is 16.1 Å². The van der Waals surface area contributed by atoms with E-state index in [-0.39, 0.29) is 11.5 Å². The van der Waals surface area contributed by atoms with Gasteiger partial charge in [-0.1, -0.05) is 37.3 Å². The SMILES string of the molecule is CCC(CC)c1nnc(NC(=O)c2ccc(COc3ccc4c(C)cc(=O)oc4c3)cc2)s1. The monoisotopic (exact) mass is 463 g/mol. The molecule has 1 N–H and O–H groups in total. The van der Waals surface area contributed by atoms with Crippen LogP contribution in [0.25, 0.3) is 11.0 Å². The molecule has 0 fully saturated rings. The Labute approximate surface area is 195 Å². The van der Waals surface area contributed by atoms with E-state index in [9.17, 15) is 9.59 Å². The zero-order chi connectivity index (χ0) is 23.4. The fourth-order valence-electron chi connectivity index (χ4n) is 3.57. The Morgan fingerprint density at radius 1 is 1.09 bits per heavy atom. The first-order chi connectivity index (χ1) is 16.0. The molecule has 0 spiro atoms. The lowest BCUT2D eigenvalue weighted by Gasteiger charge is -2.08. The first-order valence-corrected chi connectivity index (χ1v) is 11.7. The van der Waals surface area contributed by atoms with Gasteiger partial charge < -0.3 is 9.15 Å². The smallest absolute Gasteiger partial charge is 0.336 e. The van der Waals surface area contributed by atoms with Crippen molar-refractivity contribution < 1.29 is 13.9 Å². The maximum atomic E-state index is 12.6. The van der Waals surface area contributed by atoms with Crippen LogP contribution in [0.2, 0.25) is 0 Å². The summed E-state index contributed by atoms with van der Waals surface area (Å²) in [4.78, 5) is 24.2. The van der Waals surface area contributed by atoms with Crippen LogP contribution in [-0.2, 0) is 6.61 Å². The Morgan fingerprint density at radius 3 is 2.58 bits per heavy atom. The molecule has 2 heterocycles. The maximum absolute atomic E-state index is 12.6. The van der Waals surface area contributed by atoms with E-state index in [0.29, 0.717) is 34.6 Å². The van der Waals surface area contributed by atoms with Gasteiger partial charge in [-0.25, -0.2) is 4.79 Å². The van der Waals surface area contributed by atoms with Gasteiger partial charge in [-0.15, -0.1) is 10.2 Å². The van der Waals surface area contributed by atoms with Gasteiger partial charge in [0.1, 0.15) is 22.9 Å². The minimum Gasteiger partial charge on any atom is -0.489 e. The molecule has 0 bridgehead atoms. The van der Waals surface area contributed by atoms with Gasteiger partial charge in [0.2, 0.25) is 5.13 Å². The molecule has 2 aromatic heterocycles. The number of fused-ring (bicyclic) bond motifs is 1. The summed E-state index contributed by atoms with van der Waals surface area (Å²) >= 11 is 1.42. The van der Waals surface area contributed by atoms with Crippen molar-refractivity contribution in [2.24, 2.45) is 0 Å². The summed E-state index contributed by atoms with van der Waals surface area (Å²) in [5.41, 5.74) is 2.41. The van der Waals surface area contributed by atoms with Crippen molar-refractivity contribution in [3.8, 4) is 5.75 Å². The molecule has 0 unspecified atom stereocenters. The molecule has 170 valence electrons. The Bertz CT molecular complexity index is 1320. The van der Waals surface area contributed by atoms with Crippen molar-refractivity contribution in [2.75, 3.05) is 5.32 Å². The molecule has 0 aliphatic carbocycles. The Morgan fingerprint density at radius 2 is 1.85 bits per heavy atom. The van der Waals surface area contributed by atoms with Crippen molar-refractivity contribution in [3.05, 3.63) is 80.6 Å². The van der Waals surface area contributed by atoms with Crippen LogP contribution in [0.15, 0.2) is 57.7 Å². The van der Waals surface area contributed by atoms with Crippen LogP contribution in [0.5, 0.6) is 5.75 Å². The van der Waals surface area contributed by atoms with Gasteiger partial charge in [0, 0.05) is 29.0 Å². The lowest BCUT2D eigenvalue weighted by molar-refractivity contribution is 0.102. The van der Waals surface area contributed by atoms with Crippen molar-refractivity contribution >= 4 is 33.3 Å². The topological polar surface area (TPSA) is 94.3 Å². The summed E-state index contributed by atoms with van der Waals surface area (Å²) < 4.78 is 11.1. The quantitative estimate of drug-likeness (QED) is 0.338. The number of nitrogens with zero attached hydrogens (tertiary/aromatic N) is 2. The minimum atomic E-state index is -0.383. The van der Waals surface area contributed by atoms with Gasteiger partial charge in [0.15, 0.2) is 0 Å². The van der Waals surface area contributed by atoms with Crippen molar-refractivity contribution in [2.45, 2.75) is 46.1 Å². The Hall–Kier alpha value is -3.52. The number of aryl methyl sites for hydroxylation is 1. The number of amides is 1. The molecule has 0 aliphatic heterocycles. The predicted octanol–water partition coefficient (Wildman–Crippen LogP) is 5.69. The van der Waals surface area contributed by atoms with E-state index in [1.54, 1.807) is 18.2 Å². The van der Waals surface area contributed by atoms with E-state index in [0.717, 1.165) is 34.4 Å². The van der Waals surface area contributed by atoms with E-state index in [1.807, 2.05) is 31.2 Å². The summed E-state index contributed by atoms with van der Waals surface area (Å²) in [6.45, 7) is 6.43. The van der Waals surface area contributed by atoms with Gasteiger partial charge >= 0.3 is 5.63 Å². The molecule has 8 heteroatoms. The second-order valence-corrected chi connectivity index (χ2v) is 8.81. The minimum absolute atomic E-state index is 0.227. The molecule has 0 aliphatic rings. The van der Waals surface area contributed by atoms with Gasteiger partial charge in [0.25, 0.3) is 5.91 Å². The highest BCUT2D eigenvalue weighted by Crippen LogP contribution is 2.28. The molecule has 4 aromatic rings. The third-order valence-corrected chi connectivity index (χ3v) is 6.54. The average Bonchev–Trinajstić information content (AvgIpc) is 3.26. The van der Waals surface area contributed by atoms with E-state index >= 15 is 0 Å². The third-order valence-electron chi connectivity index (χ3n) is 5.54. The number of hydrogen-bond donors (Lipinski definition) is 1. The standard InChI is InChI=1S/C25H25N3O4S/c1-4-17(5-2)24-27-28-25(33-24)26-23(30)18-8-6-16(7-9-18)14-31-19-10-11-20-15(3)12-22(29)32-21(20)13-19/h6-13,17H,4-5,14H2,1-3H3,(H,26,28,30). The second-order valence-electron chi connectivity index (χ2n) is 7.81. The van der Waals surface area contributed by atoms with Crippen molar-refractivity contribution in [1.82, 2.24) is 10.2 Å². The highest BCUT2D eigenvalue weighted by Gasteiger charge is 2.15. The fraction of sp³-hybridized carbons (Fsp3) is 0.280. The van der Waals surface area contributed by atoms with E-state index in [4.69, 9.17) is 9.15 Å². The summed E-state index contributed by atoms with van der Waals surface area (Å²) in [7, 11) is 0. The van der Waals surface area contributed by atoms with Crippen LogP contribution >= 0.6 is 11.3 Å². The normalized spacial score (nSPS) is 11.2. The predicted molar refractivity (Wildman–Crippen MR) is 129 cm³/mol. The highest BCUT2D eigenvalue weighted by molar-refractivity contribution is 7.15. The maximum Gasteiger partial charge on any atom is 0.336 e. The summed E-state index contributed by atoms with van der Waals surface area (Å²) in [5.74, 6) is 0.743. The first kappa shape index (κ1) is 22.7. The average molecular weight is 464 g/mol. The molecular formula is C25H25N3O4S. The van der Waals surface area contributed by atoms with Gasteiger partial charge in [-0.2, -0.15) is 0 Å². The van der Waals surface area contributed by atoms with Crippen LogP contribution < -0.4 is 15.7 Å². The molecule has 0 radical (unpaired) electrons. The van der Waals surface area contributed by atoms with Gasteiger partial charge in [-0.05, 0) is 55.2 Å². The third kappa shape index (κ3) is 5.28. The number of rotatable bonds is 8. The molecule has 0 atom stereocenters. The largest absolute Gasteiger partial charge is 0.489 e. The fourth-order valence-corrected chi connectivity index (χ4v) is 4.58. The number of aromatic nitrogens is 2. The summed E-state index contributed by atoms with van der Waals surface area (Å²) in [5, 5.41) is 13.5. The summed E-state index contributed by atoms with van der Waals surface area (Å²) in [6.07, 6.45) is 1.99. The second kappa shape index (κ2) is 9.95. The molecular weight excluding hydrogens is 438 g/mol. The van der Waals surface area contributed by atoms with Crippen LogP contribution in [0.1, 0.15) is 59.1 Å². The lowest BCUT2D eigenvalue weighted by atomic mass is 10.1. The number of carbonyl (C=O) groups excluding carboxylic acids is 1. The first-order valence-electron chi connectivity index (χ1n) is 10.9. The highest BCUT2D eigenvalue weighted by atomic mass is 32.1. The molecule has 1 amide bonds. The van der Waals surface area contributed by atoms with E-state index in [1.165, 1.54) is 17.4 Å². The van der Waals surface area contributed by atoms with E-state index < -0.39 is 0 Å². The molecule has 33 heavy (non-hydrogen) atoms. The molecule has 4 rings (SSSR count).